The minimum Gasteiger partial charge on any atom is -0.399 e. The smallest absolute Gasteiger partial charge is 0.253 e. The lowest BCUT2D eigenvalue weighted by Gasteiger charge is -2.40. The number of carbonyl (C=O) groups excluding carboxylic acids is 1. The third-order valence-corrected chi connectivity index (χ3v) is 5.34. The number of rotatable bonds is 6. The zero-order valence-corrected chi connectivity index (χ0v) is 13.0. The molecule has 0 unspecified atom stereocenters. The molecule has 0 heterocycles. The molecule has 0 saturated heterocycles. The van der Waals surface area contributed by atoms with E-state index in [0.717, 1.165) is 12.2 Å². The Bertz CT molecular complexity index is 480. The Balaban J connectivity index is 2.12. The summed E-state index contributed by atoms with van der Waals surface area (Å²) in [6.45, 7) is 3.42. The molecule has 0 atom stereocenters. The number of anilines is 2. The first kappa shape index (κ1) is 15.0. The minimum absolute atomic E-state index is 0.0539. The topological polar surface area (TPSA) is 67.2 Å². The lowest BCUT2D eigenvalue weighted by molar-refractivity contribution is 0.0956. The van der Waals surface area contributed by atoms with Crippen molar-refractivity contribution in [2.45, 2.75) is 30.9 Å². The van der Waals surface area contributed by atoms with Crippen LogP contribution >= 0.6 is 11.8 Å². The normalized spacial score (nSPS) is 16.3. The number of benzene rings is 1. The zero-order valence-electron chi connectivity index (χ0n) is 12.2. The summed E-state index contributed by atoms with van der Waals surface area (Å²) >= 11 is 1.91. The molecule has 20 heavy (non-hydrogen) atoms. The molecular weight excluding hydrogens is 270 g/mol. The van der Waals surface area contributed by atoms with Crippen LogP contribution in [-0.2, 0) is 0 Å². The van der Waals surface area contributed by atoms with Crippen molar-refractivity contribution in [1.82, 2.24) is 5.32 Å². The van der Waals surface area contributed by atoms with Gasteiger partial charge in [0.25, 0.3) is 5.91 Å². The van der Waals surface area contributed by atoms with Crippen LogP contribution in [0.2, 0.25) is 0 Å². The Kier molecular flexibility index (Phi) is 4.81. The van der Waals surface area contributed by atoms with Crippen LogP contribution in [-0.4, -0.2) is 30.0 Å². The first-order chi connectivity index (χ1) is 9.60. The highest BCUT2D eigenvalue weighted by Crippen LogP contribution is 2.42. The van der Waals surface area contributed by atoms with Crippen LogP contribution in [0.1, 0.15) is 36.5 Å². The number of hydrogen-bond acceptors (Lipinski definition) is 4. The monoisotopic (exact) mass is 293 g/mol. The van der Waals surface area contributed by atoms with E-state index < -0.39 is 0 Å². The predicted molar refractivity (Wildman–Crippen MR) is 87.4 cm³/mol. The molecule has 0 aromatic heterocycles. The van der Waals surface area contributed by atoms with Gasteiger partial charge in [-0.2, -0.15) is 11.8 Å². The molecule has 110 valence electrons. The first-order valence-corrected chi connectivity index (χ1v) is 8.29. The Morgan fingerprint density at radius 1 is 1.45 bits per heavy atom. The summed E-state index contributed by atoms with van der Waals surface area (Å²) < 4.78 is 0.323. The van der Waals surface area contributed by atoms with Gasteiger partial charge >= 0.3 is 0 Å². The van der Waals surface area contributed by atoms with Crippen LogP contribution in [0.3, 0.4) is 0 Å². The number of hydrogen-bond donors (Lipinski definition) is 3. The molecule has 1 aromatic carbocycles. The van der Waals surface area contributed by atoms with E-state index in [9.17, 15) is 4.79 Å². The fraction of sp³-hybridized carbons (Fsp3) is 0.533. The van der Waals surface area contributed by atoms with Crippen molar-refractivity contribution in [2.24, 2.45) is 0 Å². The lowest BCUT2D eigenvalue weighted by Crippen LogP contribution is -2.40. The van der Waals surface area contributed by atoms with Crippen molar-refractivity contribution in [2.75, 3.05) is 30.4 Å². The Morgan fingerprint density at radius 3 is 2.75 bits per heavy atom. The highest BCUT2D eigenvalue weighted by atomic mass is 32.2. The second-order valence-electron chi connectivity index (χ2n) is 5.26. The number of nitrogens with two attached hydrogens (primary N) is 1. The summed E-state index contributed by atoms with van der Waals surface area (Å²) in [7, 11) is 0. The summed E-state index contributed by atoms with van der Waals surface area (Å²) in [5, 5.41) is 6.26. The van der Waals surface area contributed by atoms with E-state index in [1.165, 1.54) is 19.3 Å². The van der Waals surface area contributed by atoms with Gasteiger partial charge in [0.15, 0.2) is 0 Å². The van der Waals surface area contributed by atoms with Crippen molar-refractivity contribution < 1.29 is 4.79 Å². The number of nitrogens with one attached hydrogen (secondary N) is 2. The van der Waals surface area contributed by atoms with Gasteiger partial charge < -0.3 is 16.4 Å². The third kappa shape index (κ3) is 3.20. The number of nitrogen functional groups attached to an aromatic ring is 1. The van der Waals surface area contributed by atoms with Crippen molar-refractivity contribution in [1.29, 1.82) is 0 Å². The molecular formula is C15H23N3OS. The molecule has 0 radical (unpaired) electrons. The van der Waals surface area contributed by atoms with Crippen molar-refractivity contribution in [3.63, 3.8) is 0 Å². The fourth-order valence-corrected chi connectivity index (χ4v) is 3.36. The van der Waals surface area contributed by atoms with Gasteiger partial charge in [0.05, 0.1) is 5.56 Å². The maximum Gasteiger partial charge on any atom is 0.253 e. The fourth-order valence-electron chi connectivity index (χ4n) is 2.44. The second kappa shape index (κ2) is 6.39. The largest absolute Gasteiger partial charge is 0.399 e. The highest BCUT2D eigenvalue weighted by Gasteiger charge is 2.36. The predicted octanol–water partition coefficient (Wildman–Crippen LogP) is 2.72. The molecule has 1 saturated carbocycles. The SMILES string of the molecule is CCNC(=O)c1ccc(N)cc1NCC1(SC)CCC1. The van der Waals surface area contributed by atoms with Crippen LogP contribution in [0.25, 0.3) is 0 Å². The quantitative estimate of drug-likeness (QED) is 0.706. The third-order valence-electron chi connectivity index (χ3n) is 3.92. The van der Waals surface area contributed by atoms with Gasteiger partial charge in [-0.15, -0.1) is 0 Å². The van der Waals surface area contributed by atoms with E-state index in [2.05, 4.69) is 16.9 Å². The number of amides is 1. The molecule has 1 aliphatic carbocycles. The Hall–Kier alpha value is -1.36. The average Bonchev–Trinajstić information content (AvgIpc) is 2.38. The van der Waals surface area contributed by atoms with Gasteiger partial charge in [-0.25, -0.2) is 0 Å². The van der Waals surface area contributed by atoms with Crippen LogP contribution in [0.15, 0.2) is 18.2 Å². The molecule has 4 nitrogen and oxygen atoms in total. The van der Waals surface area contributed by atoms with Gasteiger partial charge in [-0.05, 0) is 44.2 Å². The molecule has 4 N–H and O–H groups in total. The zero-order chi connectivity index (χ0) is 14.6. The van der Waals surface area contributed by atoms with Crippen molar-refractivity contribution in [3.8, 4) is 0 Å². The standard InChI is InChI=1S/C15H23N3OS/c1-3-17-14(19)12-6-5-11(16)9-13(12)18-10-15(20-2)7-4-8-15/h5-6,9,18H,3-4,7-8,10,16H2,1-2H3,(H,17,19). The van der Waals surface area contributed by atoms with Crippen LogP contribution in [0.5, 0.6) is 0 Å². The van der Waals surface area contributed by atoms with E-state index in [-0.39, 0.29) is 5.91 Å². The summed E-state index contributed by atoms with van der Waals surface area (Å²) in [6, 6.07) is 5.40. The maximum absolute atomic E-state index is 12.1. The second-order valence-corrected chi connectivity index (χ2v) is 6.53. The molecule has 0 aliphatic heterocycles. The number of thioether (sulfide) groups is 1. The van der Waals surface area contributed by atoms with E-state index in [1.807, 2.05) is 24.8 Å². The highest BCUT2D eigenvalue weighted by molar-refractivity contribution is 8.00. The van der Waals surface area contributed by atoms with E-state index in [4.69, 9.17) is 5.73 Å². The summed E-state index contributed by atoms with van der Waals surface area (Å²) in [6.07, 6.45) is 5.92. The summed E-state index contributed by atoms with van der Waals surface area (Å²) in [5.74, 6) is -0.0539. The van der Waals surface area contributed by atoms with E-state index >= 15 is 0 Å². The summed E-state index contributed by atoms with van der Waals surface area (Å²) in [4.78, 5) is 12.1. The molecule has 1 fully saturated rings. The molecule has 2 rings (SSSR count). The lowest BCUT2D eigenvalue weighted by atomic mass is 9.84. The van der Waals surface area contributed by atoms with Gasteiger partial charge in [0, 0.05) is 29.2 Å². The average molecular weight is 293 g/mol. The van der Waals surface area contributed by atoms with Crippen LogP contribution < -0.4 is 16.4 Å². The van der Waals surface area contributed by atoms with Crippen LogP contribution in [0, 0.1) is 0 Å². The molecule has 1 aromatic rings. The van der Waals surface area contributed by atoms with Crippen molar-refractivity contribution in [3.05, 3.63) is 23.8 Å². The molecule has 0 bridgehead atoms. The van der Waals surface area contributed by atoms with Gasteiger partial charge in [-0.3, -0.25) is 4.79 Å². The van der Waals surface area contributed by atoms with Crippen LogP contribution in [0.4, 0.5) is 11.4 Å². The van der Waals surface area contributed by atoms with E-state index in [1.54, 1.807) is 12.1 Å². The minimum atomic E-state index is -0.0539. The Labute approximate surface area is 124 Å². The Morgan fingerprint density at radius 2 is 2.20 bits per heavy atom. The van der Waals surface area contributed by atoms with Gasteiger partial charge in [-0.1, -0.05) is 6.42 Å². The first-order valence-electron chi connectivity index (χ1n) is 7.07. The molecule has 1 amide bonds. The van der Waals surface area contributed by atoms with Gasteiger partial charge in [0.1, 0.15) is 0 Å². The molecule has 1 aliphatic rings. The van der Waals surface area contributed by atoms with Gasteiger partial charge in [0.2, 0.25) is 0 Å². The maximum atomic E-state index is 12.1. The summed E-state index contributed by atoms with van der Waals surface area (Å²) in [5.41, 5.74) is 8.01. The number of carbonyl (C=O) groups is 1. The molecule has 5 heteroatoms. The molecule has 0 spiro atoms. The van der Waals surface area contributed by atoms with E-state index in [0.29, 0.717) is 22.5 Å². The van der Waals surface area contributed by atoms with Crippen molar-refractivity contribution >= 4 is 29.0 Å².